The molecule has 0 amide bonds. The van der Waals surface area contributed by atoms with Crippen molar-refractivity contribution in [3.8, 4) is 16.9 Å². The van der Waals surface area contributed by atoms with E-state index >= 15 is 0 Å². The van der Waals surface area contributed by atoms with Crippen LogP contribution in [0, 0.1) is 0 Å². The first-order valence-corrected chi connectivity index (χ1v) is 13.5. The van der Waals surface area contributed by atoms with Gasteiger partial charge in [-0.3, -0.25) is 4.98 Å². The Labute approximate surface area is 207 Å². The molecule has 0 aliphatic heterocycles. The third kappa shape index (κ3) is 8.31. The molecule has 0 aliphatic rings. The number of aromatic nitrogens is 1. The van der Waals surface area contributed by atoms with Crippen LogP contribution >= 0.6 is 0 Å². The molecule has 0 fully saturated rings. The van der Waals surface area contributed by atoms with Gasteiger partial charge in [0.25, 0.3) is 0 Å². The quantitative estimate of drug-likeness (QED) is 0.212. The second kappa shape index (κ2) is 14.6. The lowest BCUT2D eigenvalue weighted by atomic mass is 9.94. The molecule has 1 unspecified atom stereocenters. The lowest BCUT2D eigenvalue weighted by Crippen LogP contribution is -2.00. The number of pyridine rings is 1. The van der Waals surface area contributed by atoms with E-state index in [2.05, 4.69) is 87.6 Å². The second-order valence-electron chi connectivity index (χ2n) is 9.53. The highest BCUT2D eigenvalue weighted by molar-refractivity contribution is 5.64. The van der Waals surface area contributed by atoms with Crippen molar-refractivity contribution in [1.29, 1.82) is 0 Å². The van der Waals surface area contributed by atoms with E-state index in [-0.39, 0.29) is 5.92 Å². The van der Waals surface area contributed by atoms with Crippen LogP contribution in [0.15, 0.2) is 66.9 Å². The molecule has 3 rings (SSSR count). The van der Waals surface area contributed by atoms with Crippen LogP contribution in [-0.2, 0) is 6.42 Å². The fourth-order valence-corrected chi connectivity index (χ4v) is 4.37. The highest BCUT2D eigenvalue weighted by atomic mass is 16.5. The Morgan fingerprint density at radius 1 is 0.676 bits per heavy atom. The molecule has 3 aromatic rings. The van der Waals surface area contributed by atoms with Crippen molar-refractivity contribution < 1.29 is 4.74 Å². The number of unbranched alkanes of at least 4 members (excludes halogenated alkanes) is 7. The van der Waals surface area contributed by atoms with Crippen LogP contribution in [0.3, 0.4) is 0 Å². The summed E-state index contributed by atoms with van der Waals surface area (Å²) in [5, 5.41) is 0. The molecule has 182 valence electrons. The van der Waals surface area contributed by atoms with Gasteiger partial charge < -0.3 is 4.74 Å². The van der Waals surface area contributed by atoms with Crippen LogP contribution in [0.4, 0.5) is 0 Å². The van der Waals surface area contributed by atoms with E-state index in [1.807, 2.05) is 0 Å². The van der Waals surface area contributed by atoms with Crippen molar-refractivity contribution >= 4 is 0 Å². The molecule has 0 aliphatic carbocycles. The third-order valence-electron chi connectivity index (χ3n) is 6.73. The molecule has 0 radical (unpaired) electrons. The van der Waals surface area contributed by atoms with Gasteiger partial charge in [0.1, 0.15) is 5.75 Å². The Kier molecular flexibility index (Phi) is 11.2. The van der Waals surface area contributed by atoms with E-state index in [1.54, 1.807) is 0 Å². The summed E-state index contributed by atoms with van der Waals surface area (Å²) in [4.78, 5) is 4.78. The molecule has 1 atom stereocenters. The van der Waals surface area contributed by atoms with E-state index in [9.17, 15) is 0 Å². The molecule has 0 N–H and O–H groups in total. The van der Waals surface area contributed by atoms with Crippen molar-refractivity contribution in [1.82, 2.24) is 4.98 Å². The van der Waals surface area contributed by atoms with Gasteiger partial charge in [-0.2, -0.15) is 0 Å². The second-order valence-corrected chi connectivity index (χ2v) is 9.53. The topological polar surface area (TPSA) is 22.1 Å². The zero-order valence-corrected chi connectivity index (χ0v) is 21.6. The minimum atomic E-state index is 0.288. The summed E-state index contributed by atoms with van der Waals surface area (Å²) in [5.74, 6) is 1.25. The van der Waals surface area contributed by atoms with Crippen molar-refractivity contribution in [2.24, 2.45) is 0 Å². The zero-order chi connectivity index (χ0) is 24.0. The average molecular weight is 458 g/mol. The summed E-state index contributed by atoms with van der Waals surface area (Å²) in [7, 11) is 0. The molecule has 0 bridgehead atoms. The van der Waals surface area contributed by atoms with E-state index in [0.717, 1.165) is 30.9 Å². The first kappa shape index (κ1) is 26.0. The fraction of sp³-hybridized carbons (Fsp3) is 0.469. The summed E-state index contributed by atoms with van der Waals surface area (Å²) < 4.78 is 5.91. The first-order chi connectivity index (χ1) is 16.7. The number of ether oxygens (including phenoxy) is 1. The van der Waals surface area contributed by atoms with Crippen molar-refractivity contribution in [3.63, 3.8) is 0 Å². The lowest BCUT2D eigenvalue weighted by molar-refractivity contribution is 0.304. The molecule has 0 spiro atoms. The summed E-state index contributed by atoms with van der Waals surface area (Å²) in [6, 6.07) is 21.9. The van der Waals surface area contributed by atoms with Gasteiger partial charge in [-0.25, -0.2) is 0 Å². The first-order valence-electron chi connectivity index (χ1n) is 13.5. The van der Waals surface area contributed by atoms with E-state index in [4.69, 9.17) is 9.72 Å². The van der Waals surface area contributed by atoms with Crippen LogP contribution in [0.2, 0.25) is 0 Å². The standard InChI is InChI=1S/C32H43NO/c1-4-6-8-10-12-24-34-31-21-19-30(20-22-31)29-17-15-28(16-18-29)26(3)32-23-14-27(25-33-32)13-11-9-7-5-2/h14-23,25-26H,4-13,24H2,1-3H3. The Morgan fingerprint density at radius 3 is 1.91 bits per heavy atom. The van der Waals surface area contributed by atoms with Gasteiger partial charge >= 0.3 is 0 Å². The van der Waals surface area contributed by atoms with Crippen molar-refractivity contribution in [2.45, 2.75) is 90.9 Å². The fourth-order valence-electron chi connectivity index (χ4n) is 4.37. The molecule has 34 heavy (non-hydrogen) atoms. The summed E-state index contributed by atoms with van der Waals surface area (Å²) in [5.41, 5.74) is 6.25. The summed E-state index contributed by atoms with van der Waals surface area (Å²) in [6.07, 6.45) is 14.7. The smallest absolute Gasteiger partial charge is 0.119 e. The van der Waals surface area contributed by atoms with E-state index in [0.29, 0.717) is 0 Å². The molecular formula is C32H43NO. The molecule has 2 nitrogen and oxygen atoms in total. The lowest BCUT2D eigenvalue weighted by Gasteiger charge is -2.13. The Balaban J connectivity index is 1.51. The highest BCUT2D eigenvalue weighted by Crippen LogP contribution is 2.27. The Bertz CT molecular complexity index is 928. The van der Waals surface area contributed by atoms with E-state index < -0.39 is 0 Å². The number of benzene rings is 2. The number of aryl methyl sites for hydroxylation is 1. The number of hydrogen-bond acceptors (Lipinski definition) is 2. The van der Waals surface area contributed by atoms with Gasteiger partial charge in [0.15, 0.2) is 0 Å². The third-order valence-corrected chi connectivity index (χ3v) is 6.73. The van der Waals surface area contributed by atoms with Crippen LogP contribution in [0.1, 0.15) is 101 Å². The molecule has 0 saturated carbocycles. The van der Waals surface area contributed by atoms with E-state index in [1.165, 1.54) is 73.6 Å². The molecular weight excluding hydrogens is 414 g/mol. The Morgan fingerprint density at radius 2 is 1.29 bits per heavy atom. The van der Waals surface area contributed by atoms with Gasteiger partial charge in [0.2, 0.25) is 0 Å². The Hall–Kier alpha value is -2.61. The van der Waals surface area contributed by atoms with Crippen LogP contribution in [0.5, 0.6) is 5.75 Å². The molecule has 0 saturated heterocycles. The highest BCUT2D eigenvalue weighted by Gasteiger charge is 2.10. The molecule has 2 heteroatoms. The SMILES string of the molecule is CCCCCCCOc1ccc(-c2ccc(C(C)c3ccc(CCCCCC)cn3)cc2)cc1. The zero-order valence-electron chi connectivity index (χ0n) is 21.6. The minimum Gasteiger partial charge on any atom is -0.494 e. The average Bonchev–Trinajstić information content (AvgIpc) is 2.89. The number of rotatable bonds is 15. The predicted molar refractivity (Wildman–Crippen MR) is 146 cm³/mol. The van der Waals surface area contributed by atoms with Crippen molar-refractivity contribution in [2.75, 3.05) is 6.61 Å². The maximum Gasteiger partial charge on any atom is 0.119 e. The number of hydrogen-bond donors (Lipinski definition) is 0. The predicted octanol–water partition coefficient (Wildman–Crippen LogP) is 9.37. The summed E-state index contributed by atoms with van der Waals surface area (Å²) >= 11 is 0. The van der Waals surface area contributed by atoms with Crippen LogP contribution < -0.4 is 4.74 Å². The van der Waals surface area contributed by atoms with Crippen LogP contribution in [-0.4, -0.2) is 11.6 Å². The van der Waals surface area contributed by atoms with Gasteiger partial charge in [-0.05, 0) is 59.7 Å². The van der Waals surface area contributed by atoms with Crippen LogP contribution in [0.25, 0.3) is 11.1 Å². The monoisotopic (exact) mass is 457 g/mol. The molecule has 2 aromatic carbocycles. The van der Waals surface area contributed by atoms with Gasteiger partial charge in [0.05, 0.1) is 6.61 Å². The normalized spacial score (nSPS) is 12.0. The largest absolute Gasteiger partial charge is 0.494 e. The maximum absolute atomic E-state index is 5.91. The van der Waals surface area contributed by atoms with Gasteiger partial charge in [0, 0.05) is 17.8 Å². The number of nitrogens with zero attached hydrogens (tertiary/aromatic N) is 1. The van der Waals surface area contributed by atoms with Crippen molar-refractivity contribution in [3.05, 3.63) is 83.7 Å². The molecule has 1 heterocycles. The minimum absolute atomic E-state index is 0.288. The van der Waals surface area contributed by atoms with Gasteiger partial charge in [-0.15, -0.1) is 0 Å². The van der Waals surface area contributed by atoms with Gasteiger partial charge in [-0.1, -0.05) is 108 Å². The summed E-state index contributed by atoms with van der Waals surface area (Å²) in [6.45, 7) is 7.56. The molecule has 1 aromatic heterocycles. The maximum atomic E-state index is 5.91.